The second-order valence-corrected chi connectivity index (χ2v) is 6.47. The van der Waals surface area contributed by atoms with Gasteiger partial charge in [0.1, 0.15) is 23.6 Å². The van der Waals surface area contributed by atoms with E-state index in [2.05, 4.69) is 6.08 Å². The van der Waals surface area contributed by atoms with Gasteiger partial charge in [0.05, 0.1) is 14.2 Å². The third kappa shape index (κ3) is 2.46. The summed E-state index contributed by atoms with van der Waals surface area (Å²) in [5.74, 6) is 1.59. The molecule has 1 unspecified atom stereocenters. The van der Waals surface area contributed by atoms with E-state index in [0.717, 1.165) is 47.3 Å². The highest BCUT2D eigenvalue weighted by Crippen LogP contribution is 2.54. The van der Waals surface area contributed by atoms with Gasteiger partial charge in [-0.05, 0) is 30.0 Å². The molecule has 3 rings (SSSR count). The first-order valence-electron chi connectivity index (χ1n) is 8.01. The minimum absolute atomic E-state index is 0.183. The molecule has 1 fully saturated rings. The first kappa shape index (κ1) is 15.8. The van der Waals surface area contributed by atoms with Crippen molar-refractivity contribution >= 4 is 17.6 Å². The van der Waals surface area contributed by atoms with Gasteiger partial charge < -0.3 is 14.3 Å². The molecule has 0 aromatic heterocycles. The van der Waals surface area contributed by atoms with Crippen LogP contribution in [-0.2, 0) is 15.0 Å². The number of hydrogen-bond donors (Lipinski definition) is 0. The number of ketones is 1. The summed E-state index contributed by atoms with van der Waals surface area (Å²) in [5, 5.41) is 0. The molecule has 0 radical (unpaired) electrons. The molecule has 1 saturated carbocycles. The number of allylic oxidation sites excluding steroid dienone is 2. The van der Waals surface area contributed by atoms with Crippen molar-refractivity contribution in [3.63, 3.8) is 0 Å². The Hall–Kier alpha value is -2.10. The number of aldehydes is 1. The second kappa shape index (κ2) is 5.84. The van der Waals surface area contributed by atoms with Crippen molar-refractivity contribution in [2.75, 3.05) is 14.2 Å². The van der Waals surface area contributed by atoms with Crippen molar-refractivity contribution in [2.45, 2.75) is 38.0 Å². The lowest BCUT2D eigenvalue weighted by Crippen LogP contribution is -2.28. The van der Waals surface area contributed by atoms with Crippen LogP contribution in [0, 0.1) is 5.92 Å². The van der Waals surface area contributed by atoms with Crippen LogP contribution in [0.3, 0.4) is 0 Å². The smallest absolute Gasteiger partial charge is 0.133 e. The summed E-state index contributed by atoms with van der Waals surface area (Å²) in [7, 11) is 3.27. The zero-order chi connectivity index (χ0) is 16.6. The van der Waals surface area contributed by atoms with E-state index >= 15 is 0 Å². The van der Waals surface area contributed by atoms with Crippen LogP contribution in [0.1, 0.15) is 43.7 Å². The molecule has 1 aromatic carbocycles. The fraction of sp³-hybridized carbons (Fsp3) is 0.474. The molecule has 4 nitrogen and oxygen atoms in total. The maximum Gasteiger partial charge on any atom is 0.133 e. The number of ether oxygens (including phenoxy) is 2. The van der Waals surface area contributed by atoms with Crippen LogP contribution in [0.15, 0.2) is 18.2 Å². The Kier molecular flexibility index (Phi) is 4.00. The van der Waals surface area contributed by atoms with Crippen molar-refractivity contribution in [2.24, 2.45) is 5.92 Å². The van der Waals surface area contributed by atoms with Crippen LogP contribution in [0.4, 0.5) is 0 Å². The molecule has 2 aliphatic rings. The Bertz CT molecular complexity index is 677. The molecule has 0 heterocycles. The monoisotopic (exact) mass is 314 g/mol. The van der Waals surface area contributed by atoms with Crippen molar-refractivity contribution in [1.29, 1.82) is 0 Å². The van der Waals surface area contributed by atoms with Gasteiger partial charge in [-0.2, -0.15) is 0 Å². The fourth-order valence-electron chi connectivity index (χ4n) is 3.83. The minimum atomic E-state index is -0.201. The van der Waals surface area contributed by atoms with E-state index in [9.17, 15) is 9.59 Å². The normalized spacial score (nSPS) is 20.0. The molecule has 0 saturated heterocycles. The van der Waals surface area contributed by atoms with Crippen molar-refractivity contribution < 1.29 is 19.1 Å². The first-order valence-corrected chi connectivity index (χ1v) is 8.01. The Morgan fingerprint density at radius 3 is 2.43 bits per heavy atom. The number of fused-ring (bicyclic) bond motifs is 2. The second-order valence-electron chi connectivity index (χ2n) is 6.47. The average molecular weight is 314 g/mol. The number of methoxy groups -OCH3 is 2. The highest BCUT2D eigenvalue weighted by Gasteiger charge is 2.43. The Morgan fingerprint density at radius 1 is 1.17 bits per heavy atom. The third-order valence-electron chi connectivity index (χ3n) is 5.18. The molecule has 0 N–H and O–H groups in total. The van der Waals surface area contributed by atoms with E-state index in [0.29, 0.717) is 18.6 Å². The zero-order valence-electron chi connectivity index (χ0n) is 13.8. The quantitative estimate of drug-likeness (QED) is 0.800. The lowest BCUT2D eigenvalue weighted by atomic mass is 9.70. The van der Waals surface area contributed by atoms with Crippen molar-refractivity contribution in [1.82, 2.24) is 0 Å². The predicted octanol–water partition coefficient (Wildman–Crippen LogP) is 3.32. The van der Waals surface area contributed by atoms with Gasteiger partial charge in [0.25, 0.3) is 0 Å². The van der Waals surface area contributed by atoms with Gasteiger partial charge in [-0.3, -0.25) is 4.79 Å². The minimum Gasteiger partial charge on any atom is -0.497 e. The summed E-state index contributed by atoms with van der Waals surface area (Å²) in [6.07, 6.45) is 5.89. The van der Waals surface area contributed by atoms with E-state index in [1.54, 1.807) is 14.2 Å². The summed E-state index contributed by atoms with van der Waals surface area (Å²) >= 11 is 0. The van der Waals surface area contributed by atoms with Gasteiger partial charge in [0.15, 0.2) is 0 Å². The molecular weight excluding hydrogens is 292 g/mol. The molecule has 0 amide bonds. The van der Waals surface area contributed by atoms with Crippen LogP contribution in [0.2, 0.25) is 0 Å². The lowest BCUT2D eigenvalue weighted by molar-refractivity contribution is -0.121. The van der Waals surface area contributed by atoms with E-state index < -0.39 is 0 Å². The van der Waals surface area contributed by atoms with Crippen LogP contribution >= 0.6 is 0 Å². The Labute approximate surface area is 136 Å². The topological polar surface area (TPSA) is 52.6 Å². The summed E-state index contributed by atoms with van der Waals surface area (Å²) in [6.45, 7) is 1.90. The van der Waals surface area contributed by atoms with Crippen LogP contribution < -0.4 is 9.47 Å². The molecular formula is C19H22O4. The van der Waals surface area contributed by atoms with Crippen molar-refractivity contribution in [3.8, 4) is 11.5 Å². The highest BCUT2D eigenvalue weighted by atomic mass is 16.5. The lowest BCUT2D eigenvalue weighted by Gasteiger charge is -2.33. The largest absolute Gasteiger partial charge is 0.497 e. The first-order chi connectivity index (χ1) is 11.0. The van der Waals surface area contributed by atoms with E-state index in [1.165, 1.54) is 0 Å². The maximum absolute atomic E-state index is 11.7. The number of Topliss-reactive ketones (excluding diaryl/α,β-unsaturated/α-hetero) is 1. The molecule has 23 heavy (non-hydrogen) atoms. The van der Waals surface area contributed by atoms with Crippen molar-refractivity contribution in [3.05, 3.63) is 29.3 Å². The highest BCUT2D eigenvalue weighted by molar-refractivity contribution is 5.90. The molecule has 1 aromatic rings. The van der Waals surface area contributed by atoms with E-state index in [1.807, 2.05) is 19.1 Å². The van der Waals surface area contributed by atoms with Crippen LogP contribution in [0.25, 0.3) is 5.57 Å². The SMILES string of the molecule is COc1cc(OC)c2c(c1)C1(C=C2C(C)C=O)CCC(=O)CC1. The average Bonchev–Trinajstić information content (AvgIpc) is 2.90. The number of benzene rings is 1. The van der Waals surface area contributed by atoms with Gasteiger partial charge >= 0.3 is 0 Å². The number of rotatable bonds is 4. The standard InChI is InChI=1S/C19H22O4/c1-12(11-20)15-10-19(6-4-13(21)5-7-19)16-8-14(22-2)9-17(23-3)18(15)16/h8-12H,4-7H2,1-3H3. The van der Waals surface area contributed by atoms with Gasteiger partial charge in [0, 0.05) is 35.8 Å². The van der Waals surface area contributed by atoms with Crippen LogP contribution in [-0.4, -0.2) is 26.3 Å². The Morgan fingerprint density at radius 2 is 1.87 bits per heavy atom. The summed E-state index contributed by atoms with van der Waals surface area (Å²) in [4.78, 5) is 23.1. The summed E-state index contributed by atoms with van der Waals surface area (Å²) in [6, 6.07) is 3.89. The molecule has 0 aliphatic heterocycles. The summed E-state index contributed by atoms with van der Waals surface area (Å²) < 4.78 is 11.0. The Balaban J connectivity index is 2.21. The van der Waals surface area contributed by atoms with Crippen LogP contribution in [0.5, 0.6) is 11.5 Å². The van der Waals surface area contributed by atoms with Gasteiger partial charge in [-0.1, -0.05) is 13.0 Å². The maximum atomic E-state index is 11.7. The van der Waals surface area contributed by atoms with E-state index in [4.69, 9.17) is 9.47 Å². The zero-order valence-corrected chi connectivity index (χ0v) is 13.8. The number of carbonyl (C=O) groups excluding carboxylic acids is 2. The molecule has 4 heteroatoms. The van der Waals surface area contributed by atoms with E-state index in [-0.39, 0.29) is 11.3 Å². The number of carbonyl (C=O) groups is 2. The summed E-state index contributed by atoms with van der Waals surface area (Å²) in [5.41, 5.74) is 2.95. The number of hydrogen-bond acceptors (Lipinski definition) is 4. The van der Waals surface area contributed by atoms with Gasteiger partial charge in [-0.25, -0.2) is 0 Å². The molecule has 2 aliphatic carbocycles. The molecule has 1 spiro atoms. The molecule has 0 bridgehead atoms. The van der Waals surface area contributed by atoms with Gasteiger partial charge in [-0.15, -0.1) is 0 Å². The fourth-order valence-corrected chi connectivity index (χ4v) is 3.83. The molecule has 1 atom stereocenters. The van der Waals surface area contributed by atoms with Gasteiger partial charge in [0.2, 0.25) is 0 Å². The predicted molar refractivity (Wildman–Crippen MR) is 87.9 cm³/mol. The molecule has 122 valence electrons. The third-order valence-corrected chi connectivity index (χ3v) is 5.18.